The van der Waals surface area contributed by atoms with E-state index in [0.717, 1.165) is 0 Å². The van der Waals surface area contributed by atoms with Gasteiger partial charge >= 0.3 is 12.2 Å². The van der Waals surface area contributed by atoms with E-state index < -0.39 is 18.6 Å². The van der Waals surface area contributed by atoms with Gasteiger partial charge in [0.05, 0.1) is 18.1 Å². The van der Waals surface area contributed by atoms with Crippen molar-refractivity contribution in [3.05, 3.63) is 23.8 Å². The molecule has 1 aliphatic heterocycles. The highest BCUT2D eigenvalue weighted by molar-refractivity contribution is 5.98. The topological polar surface area (TPSA) is 83.1 Å². The quantitative estimate of drug-likeness (QED) is 0.637. The standard InChI is InChI=1S/C24H37F3N4O4/c1-15(2)28-23(33)29-18-7-8-19-20(11-18)35-14-17(4)31(10-9-24(25,26)27)12-16(3)21(34-6)13-30(5)22(19)32/h7-8,11,15-17,21H,9-10,12-14H2,1-6H3,(H2,28,29,33)/t16-,17-,21-/m1/s1. The van der Waals surface area contributed by atoms with Crippen LogP contribution < -0.4 is 15.4 Å². The number of nitrogens with one attached hydrogen (secondary N) is 2. The molecule has 0 saturated heterocycles. The lowest BCUT2D eigenvalue weighted by Crippen LogP contribution is -2.47. The minimum Gasteiger partial charge on any atom is -0.491 e. The van der Waals surface area contributed by atoms with Crippen molar-refractivity contribution in [2.24, 2.45) is 5.92 Å². The Morgan fingerprint density at radius 3 is 2.54 bits per heavy atom. The molecule has 1 aromatic carbocycles. The van der Waals surface area contributed by atoms with Crippen LogP contribution in [-0.4, -0.2) is 86.5 Å². The Labute approximate surface area is 205 Å². The molecule has 0 fully saturated rings. The first-order valence-electron chi connectivity index (χ1n) is 11.7. The Morgan fingerprint density at radius 2 is 1.94 bits per heavy atom. The predicted molar refractivity (Wildman–Crippen MR) is 128 cm³/mol. The van der Waals surface area contributed by atoms with Gasteiger partial charge in [-0.1, -0.05) is 6.92 Å². The molecule has 0 radical (unpaired) electrons. The van der Waals surface area contributed by atoms with Gasteiger partial charge in [-0.2, -0.15) is 13.2 Å². The monoisotopic (exact) mass is 502 g/mol. The van der Waals surface area contributed by atoms with Crippen molar-refractivity contribution >= 4 is 17.6 Å². The molecule has 2 rings (SSSR count). The lowest BCUT2D eigenvalue weighted by Gasteiger charge is -2.36. The molecule has 0 saturated carbocycles. The second kappa shape index (κ2) is 12.4. The minimum absolute atomic E-state index is 0.0634. The third kappa shape index (κ3) is 8.88. The summed E-state index contributed by atoms with van der Waals surface area (Å²) in [5, 5.41) is 5.42. The van der Waals surface area contributed by atoms with E-state index in [9.17, 15) is 22.8 Å². The number of hydrogen-bond donors (Lipinski definition) is 2. The number of rotatable bonds is 5. The molecule has 0 aromatic heterocycles. The van der Waals surface area contributed by atoms with Crippen LogP contribution in [0.25, 0.3) is 0 Å². The van der Waals surface area contributed by atoms with Crippen molar-refractivity contribution < 1.29 is 32.2 Å². The van der Waals surface area contributed by atoms with Crippen LogP contribution in [0.3, 0.4) is 0 Å². The molecule has 0 unspecified atom stereocenters. The van der Waals surface area contributed by atoms with Crippen molar-refractivity contribution in [1.82, 2.24) is 15.1 Å². The number of benzene rings is 1. The lowest BCUT2D eigenvalue weighted by molar-refractivity contribution is -0.140. The number of carbonyl (C=O) groups is 2. The maximum absolute atomic E-state index is 13.2. The van der Waals surface area contributed by atoms with Gasteiger partial charge in [0.2, 0.25) is 0 Å². The summed E-state index contributed by atoms with van der Waals surface area (Å²) < 4.78 is 50.5. The van der Waals surface area contributed by atoms with Gasteiger partial charge in [-0.25, -0.2) is 4.79 Å². The van der Waals surface area contributed by atoms with Crippen LogP contribution in [0.4, 0.5) is 23.7 Å². The molecule has 0 aliphatic carbocycles. The van der Waals surface area contributed by atoms with E-state index in [1.54, 1.807) is 37.1 Å². The molecular formula is C24H37F3N4O4. The van der Waals surface area contributed by atoms with Gasteiger partial charge < -0.3 is 25.0 Å². The molecule has 198 valence electrons. The summed E-state index contributed by atoms with van der Waals surface area (Å²) in [7, 11) is 3.18. The zero-order chi connectivity index (χ0) is 26.3. The molecule has 1 aromatic rings. The average Bonchev–Trinajstić information content (AvgIpc) is 2.76. The summed E-state index contributed by atoms with van der Waals surface area (Å²) in [6.07, 6.45) is -5.57. The zero-order valence-corrected chi connectivity index (χ0v) is 21.2. The second-order valence-corrected chi connectivity index (χ2v) is 9.42. The van der Waals surface area contributed by atoms with E-state index in [1.807, 2.05) is 20.8 Å². The minimum atomic E-state index is -4.27. The first-order valence-corrected chi connectivity index (χ1v) is 11.7. The summed E-state index contributed by atoms with van der Waals surface area (Å²) in [6, 6.07) is 3.90. The molecule has 0 spiro atoms. The first kappa shape index (κ1) is 28.7. The Morgan fingerprint density at radius 1 is 1.26 bits per heavy atom. The first-order chi connectivity index (χ1) is 16.3. The number of halogens is 3. The van der Waals surface area contributed by atoms with E-state index in [1.165, 1.54) is 12.0 Å². The van der Waals surface area contributed by atoms with E-state index in [-0.39, 0.29) is 55.5 Å². The molecule has 0 bridgehead atoms. The maximum Gasteiger partial charge on any atom is 0.390 e. The number of likely N-dealkylation sites (N-methyl/N-ethyl adjacent to an activating group) is 1. The summed E-state index contributed by atoms with van der Waals surface area (Å²) in [4.78, 5) is 28.6. The van der Waals surface area contributed by atoms with Crippen LogP contribution in [0.2, 0.25) is 0 Å². The molecule has 35 heavy (non-hydrogen) atoms. The van der Waals surface area contributed by atoms with Gasteiger partial charge in [-0.3, -0.25) is 9.69 Å². The van der Waals surface area contributed by atoms with E-state index in [4.69, 9.17) is 9.47 Å². The number of anilines is 1. The van der Waals surface area contributed by atoms with E-state index in [0.29, 0.717) is 17.8 Å². The highest BCUT2D eigenvalue weighted by Crippen LogP contribution is 2.27. The highest BCUT2D eigenvalue weighted by Gasteiger charge is 2.32. The van der Waals surface area contributed by atoms with Crippen LogP contribution in [0.15, 0.2) is 18.2 Å². The third-order valence-electron chi connectivity index (χ3n) is 5.94. The highest BCUT2D eigenvalue weighted by atomic mass is 19.4. The Hall–Kier alpha value is -2.53. The second-order valence-electron chi connectivity index (χ2n) is 9.42. The summed E-state index contributed by atoms with van der Waals surface area (Å²) >= 11 is 0. The van der Waals surface area contributed by atoms with Crippen LogP contribution in [0.5, 0.6) is 5.75 Å². The fourth-order valence-corrected chi connectivity index (χ4v) is 3.94. The molecular weight excluding hydrogens is 465 g/mol. The number of nitrogens with zero attached hydrogens (tertiary/aromatic N) is 2. The van der Waals surface area contributed by atoms with Gasteiger partial charge in [0.15, 0.2) is 0 Å². The lowest BCUT2D eigenvalue weighted by atomic mass is 10.0. The van der Waals surface area contributed by atoms with Gasteiger partial charge in [0.1, 0.15) is 12.4 Å². The smallest absolute Gasteiger partial charge is 0.390 e. The molecule has 1 aliphatic rings. The van der Waals surface area contributed by atoms with Gasteiger partial charge in [-0.05, 0) is 38.8 Å². The number of amides is 3. The number of ether oxygens (including phenoxy) is 2. The van der Waals surface area contributed by atoms with E-state index >= 15 is 0 Å². The number of hydrogen-bond acceptors (Lipinski definition) is 5. The van der Waals surface area contributed by atoms with Gasteiger partial charge in [0.25, 0.3) is 5.91 Å². The number of urea groups is 1. The van der Waals surface area contributed by atoms with Crippen molar-refractivity contribution in [2.75, 3.05) is 45.7 Å². The van der Waals surface area contributed by atoms with Crippen molar-refractivity contribution in [3.8, 4) is 5.75 Å². The summed E-state index contributed by atoms with van der Waals surface area (Å²) in [6.45, 7) is 7.86. The third-order valence-corrected chi connectivity index (χ3v) is 5.94. The molecule has 1 heterocycles. The van der Waals surface area contributed by atoms with E-state index in [2.05, 4.69) is 10.6 Å². The predicted octanol–water partition coefficient (Wildman–Crippen LogP) is 3.97. The van der Waals surface area contributed by atoms with Crippen molar-refractivity contribution in [2.45, 2.75) is 58.5 Å². The van der Waals surface area contributed by atoms with Crippen molar-refractivity contribution in [3.63, 3.8) is 0 Å². The molecule has 3 amide bonds. The molecule has 11 heteroatoms. The Balaban J connectivity index is 2.37. The number of fused-ring (bicyclic) bond motifs is 1. The molecule has 3 atom stereocenters. The summed E-state index contributed by atoms with van der Waals surface area (Å²) in [5.41, 5.74) is 0.717. The SMILES string of the molecule is CO[C@@H]1CN(C)C(=O)c2ccc(NC(=O)NC(C)C)cc2OC[C@@H](C)N(CCC(F)(F)F)C[C@H]1C. The number of methoxy groups -OCH3 is 1. The number of alkyl halides is 3. The number of carbonyl (C=O) groups excluding carboxylic acids is 2. The largest absolute Gasteiger partial charge is 0.491 e. The summed E-state index contributed by atoms with van der Waals surface area (Å²) in [5.74, 6) is -0.167. The molecule has 2 N–H and O–H groups in total. The van der Waals surface area contributed by atoms with Crippen LogP contribution in [-0.2, 0) is 4.74 Å². The van der Waals surface area contributed by atoms with Gasteiger partial charge in [-0.15, -0.1) is 0 Å². The molecule has 8 nitrogen and oxygen atoms in total. The van der Waals surface area contributed by atoms with Crippen LogP contribution in [0, 0.1) is 5.92 Å². The maximum atomic E-state index is 13.2. The van der Waals surface area contributed by atoms with Gasteiger partial charge in [0, 0.05) is 57.6 Å². The van der Waals surface area contributed by atoms with Crippen molar-refractivity contribution in [1.29, 1.82) is 0 Å². The fraction of sp³-hybridized carbons (Fsp3) is 0.667. The Kier molecular flexibility index (Phi) is 10.2. The fourth-order valence-electron chi connectivity index (χ4n) is 3.94. The zero-order valence-electron chi connectivity index (χ0n) is 21.2. The normalized spacial score (nSPS) is 22.6. The Bertz CT molecular complexity index is 866. The van der Waals surface area contributed by atoms with Crippen LogP contribution in [0.1, 0.15) is 44.5 Å². The van der Waals surface area contributed by atoms with Crippen LogP contribution >= 0.6 is 0 Å². The average molecular weight is 503 g/mol.